The Morgan fingerprint density at radius 1 is 1.26 bits per heavy atom. The molecule has 3 aromatic rings. The van der Waals surface area contributed by atoms with E-state index in [1.165, 1.54) is 26.2 Å². The number of halogens is 2. The Hall–Kier alpha value is -2.55. The number of carbonyl (C=O) groups is 1. The lowest BCUT2D eigenvalue weighted by atomic mass is 9.97. The first-order valence-corrected chi connectivity index (χ1v) is 12.7. The molecular weight excluding hydrogens is 592 g/mol. The average Bonchev–Trinajstić information content (AvgIpc) is 2.79. The molecule has 0 fully saturated rings. The SMILES string of the molecule is CCN(C)Cc1c(Cc2cccc(NS(=O)[O-])c2I)c(=O)oc2cc(OC(=O)N(C)C)c(F)cc12. The summed E-state index contributed by atoms with van der Waals surface area (Å²) in [5.41, 5.74) is 1.46. The molecule has 1 unspecified atom stereocenters. The van der Waals surface area contributed by atoms with Gasteiger partial charge in [-0.15, -0.1) is 0 Å². The maximum Gasteiger partial charge on any atom is 0.414 e. The van der Waals surface area contributed by atoms with E-state index >= 15 is 0 Å². The Labute approximate surface area is 217 Å². The number of hydrogen-bond acceptors (Lipinski definition) is 7. The van der Waals surface area contributed by atoms with Gasteiger partial charge < -0.3 is 28.2 Å². The summed E-state index contributed by atoms with van der Waals surface area (Å²) >= 11 is -0.493. The summed E-state index contributed by atoms with van der Waals surface area (Å²) in [6.07, 6.45) is -0.626. The fraction of sp³-hybridized carbons (Fsp3) is 0.304. The zero-order valence-electron chi connectivity index (χ0n) is 19.5. The van der Waals surface area contributed by atoms with Crippen molar-refractivity contribution in [3.05, 3.63) is 66.8 Å². The van der Waals surface area contributed by atoms with Crippen LogP contribution in [0.15, 0.2) is 39.5 Å². The number of ether oxygens (including phenoxy) is 1. The van der Waals surface area contributed by atoms with Gasteiger partial charge in [0.05, 0.1) is 5.69 Å². The number of rotatable bonds is 8. The van der Waals surface area contributed by atoms with Gasteiger partial charge in [0.25, 0.3) is 0 Å². The van der Waals surface area contributed by atoms with Gasteiger partial charge in [0.2, 0.25) is 0 Å². The van der Waals surface area contributed by atoms with E-state index in [9.17, 15) is 22.7 Å². The fourth-order valence-electron chi connectivity index (χ4n) is 3.38. The first-order chi connectivity index (χ1) is 16.5. The lowest BCUT2D eigenvalue weighted by molar-refractivity contribution is 0.170. The number of benzene rings is 2. The van der Waals surface area contributed by atoms with E-state index in [0.717, 1.165) is 4.90 Å². The highest BCUT2D eigenvalue weighted by atomic mass is 127. The van der Waals surface area contributed by atoms with E-state index in [1.54, 1.807) is 18.2 Å². The van der Waals surface area contributed by atoms with Crippen LogP contribution < -0.4 is 15.1 Å². The maximum absolute atomic E-state index is 14.9. The molecule has 2 aromatic carbocycles. The van der Waals surface area contributed by atoms with Crippen LogP contribution in [0, 0.1) is 9.39 Å². The molecule has 12 heteroatoms. The summed E-state index contributed by atoms with van der Waals surface area (Å²) in [6, 6.07) is 7.47. The molecule has 0 aliphatic rings. The number of anilines is 1. The molecule has 35 heavy (non-hydrogen) atoms. The van der Waals surface area contributed by atoms with E-state index in [0.29, 0.717) is 44.4 Å². The van der Waals surface area contributed by atoms with E-state index in [1.807, 2.05) is 41.5 Å². The maximum atomic E-state index is 14.9. The Kier molecular flexibility index (Phi) is 8.85. The van der Waals surface area contributed by atoms with Crippen molar-refractivity contribution in [2.75, 3.05) is 32.4 Å². The third-order valence-electron chi connectivity index (χ3n) is 5.34. The Morgan fingerprint density at radius 3 is 2.60 bits per heavy atom. The molecule has 1 amide bonds. The van der Waals surface area contributed by atoms with E-state index in [4.69, 9.17) is 9.15 Å². The van der Waals surface area contributed by atoms with Gasteiger partial charge in [-0.05, 0) is 59.4 Å². The molecule has 1 heterocycles. The van der Waals surface area contributed by atoms with Crippen molar-refractivity contribution < 1.29 is 27.1 Å². The van der Waals surface area contributed by atoms with Crippen LogP contribution in [0.2, 0.25) is 0 Å². The monoisotopic (exact) mass is 616 g/mol. The molecular formula is C23H24FIN3O6S-. The number of amides is 1. The smallest absolute Gasteiger partial charge is 0.414 e. The zero-order chi connectivity index (χ0) is 25.9. The minimum absolute atomic E-state index is 0.0908. The van der Waals surface area contributed by atoms with Gasteiger partial charge in [0.1, 0.15) is 5.58 Å². The van der Waals surface area contributed by atoms with Crippen molar-refractivity contribution in [1.82, 2.24) is 9.80 Å². The van der Waals surface area contributed by atoms with Crippen LogP contribution in [-0.4, -0.2) is 52.3 Å². The topological polar surface area (TPSA) is 115 Å². The van der Waals surface area contributed by atoms with Crippen molar-refractivity contribution in [2.45, 2.75) is 19.9 Å². The molecule has 0 saturated carbocycles. The second-order valence-electron chi connectivity index (χ2n) is 8.01. The highest BCUT2D eigenvalue weighted by Gasteiger charge is 2.21. The Morgan fingerprint density at radius 2 is 1.97 bits per heavy atom. The third kappa shape index (κ3) is 6.37. The first-order valence-electron chi connectivity index (χ1n) is 10.5. The van der Waals surface area contributed by atoms with Crippen LogP contribution >= 0.6 is 22.6 Å². The summed E-state index contributed by atoms with van der Waals surface area (Å²) in [6.45, 7) is 2.96. The third-order valence-corrected chi connectivity index (χ3v) is 7.00. The second kappa shape index (κ2) is 11.5. The summed E-state index contributed by atoms with van der Waals surface area (Å²) in [5, 5.41) is 0.381. The minimum atomic E-state index is -2.50. The first kappa shape index (κ1) is 27.0. The summed E-state index contributed by atoms with van der Waals surface area (Å²) in [5.74, 6) is -1.12. The van der Waals surface area contributed by atoms with Crippen LogP contribution in [0.5, 0.6) is 5.75 Å². The quantitative estimate of drug-likeness (QED) is 0.232. The molecule has 0 spiro atoms. The number of hydrogen-bond donors (Lipinski definition) is 1. The number of fused-ring (bicyclic) bond motifs is 1. The van der Waals surface area contributed by atoms with Crippen LogP contribution in [0.25, 0.3) is 11.0 Å². The molecule has 0 radical (unpaired) electrons. The number of carbonyl (C=O) groups excluding carboxylic acids is 1. The van der Waals surface area contributed by atoms with Gasteiger partial charge in [0.15, 0.2) is 11.6 Å². The molecule has 1 aromatic heterocycles. The standard InChI is InChI=1S/C23H25FIN3O6S/c1-5-28(4)12-16-14-10-17(24)20(34-23(30)27(2)3)11-19(14)33-22(29)15(16)9-13-7-6-8-18(21(13)25)26-35(31)32/h6-8,10-11,26H,5,9,12H2,1-4H3,(H,31,32)/p-1. The molecule has 0 bridgehead atoms. The lowest BCUT2D eigenvalue weighted by Gasteiger charge is -2.19. The summed E-state index contributed by atoms with van der Waals surface area (Å²) in [4.78, 5) is 28.1. The molecule has 1 N–H and O–H groups in total. The van der Waals surface area contributed by atoms with E-state index in [-0.39, 0.29) is 17.8 Å². The Balaban J connectivity index is 2.17. The second-order valence-corrected chi connectivity index (χ2v) is 9.76. The van der Waals surface area contributed by atoms with Crippen molar-refractivity contribution in [3.63, 3.8) is 0 Å². The van der Waals surface area contributed by atoms with Gasteiger partial charge in [-0.2, -0.15) is 0 Å². The van der Waals surface area contributed by atoms with Crippen LogP contribution in [0.1, 0.15) is 23.6 Å². The largest absolute Gasteiger partial charge is 0.755 e. The van der Waals surface area contributed by atoms with Crippen molar-refractivity contribution >= 4 is 56.6 Å². The molecule has 9 nitrogen and oxygen atoms in total. The van der Waals surface area contributed by atoms with Gasteiger partial charge in [0, 0.05) is 58.9 Å². The Bertz CT molecular complexity index is 1350. The van der Waals surface area contributed by atoms with Crippen LogP contribution in [0.3, 0.4) is 0 Å². The summed E-state index contributed by atoms with van der Waals surface area (Å²) in [7, 11) is 4.80. The normalized spacial score (nSPS) is 12.1. The molecule has 188 valence electrons. The highest BCUT2D eigenvalue weighted by molar-refractivity contribution is 14.1. The fourth-order valence-corrected chi connectivity index (χ4v) is 4.60. The van der Waals surface area contributed by atoms with Crippen LogP contribution in [-0.2, 0) is 24.2 Å². The van der Waals surface area contributed by atoms with Crippen molar-refractivity contribution in [2.24, 2.45) is 0 Å². The lowest BCUT2D eigenvalue weighted by Crippen LogP contribution is -2.25. The van der Waals surface area contributed by atoms with E-state index < -0.39 is 28.8 Å². The van der Waals surface area contributed by atoms with Crippen molar-refractivity contribution in [1.29, 1.82) is 0 Å². The van der Waals surface area contributed by atoms with Gasteiger partial charge in [-0.1, -0.05) is 19.1 Å². The highest BCUT2D eigenvalue weighted by Crippen LogP contribution is 2.31. The van der Waals surface area contributed by atoms with Gasteiger partial charge in [-0.3, -0.25) is 4.21 Å². The van der Waals surface area contributed by atoms with Gasteiger partial charge in [-0.25, -0.2) is 14.0 Å². The molecule has 0 aliphatic heterocycles. The van der Waals surface area contributed by atoms with E-state index in [2.05, 4.69) is 4.72 Å². The molecule has 1 atom stereocenters. The van der Waals surface area contributed by atoms with Crippen LogP contribution in [0.4, 0.5) is 14.9 Å². The average molecular weight is 616 g/mol. The summed E-state index contributed by atoms with van der Waals surface area (Å²) < 4.78 is 50.7. The predicted octanol–water partition coefficient (Wildman–Crippen LogP) is 3.85. The minimum Gasteiger partial charge on any atom is -0.755 e. The van der Waals surface area contributed by atoms with Crippen molar-refractivity contribution in [3.8, 4) is 5.75 Å². The molecule has 0 aliphatic carbocycles. The number of nitrogens with zero attached hydrogens (tertiary/aromatic N) is 2. The zero-order valence-corrected chi connectivity index (χ0v) is 22.5. The number of nitrogens with one attached hydrogen (secondary N) is 1. The predicted molar refractivity (Wildman–Crippen MR) is 139 cm³/mol. The molecule has 3 rings (SSSR count). The van der Waals surface area contributed by atoms with Gasteiger partial charge >= 0.3 is 11.7 Å². The molecule has 0 saturated heterocycles.